The summed E-state index contributed by atoms with van der Waals surface area (Å²) in [6, 6.07) is 7.80. The summed E-state index contributed by atoms with van der Waals surface area (Å²) in [4.78, 5) is 27.3. The molecule has 0 aliphatic rings. The Bertz CT molecular complexity index is 636. The molecule has 3 N–H and O–H groups in total. The van der Waals surface area contributed by atoms with E-state index in [4.69, 9.17) is 11.6 Å². The van der Waals surface area contributed by atoms with Crippen molar-refractivity contribution in [1.82, 2.24) is 15.3 Å². The van der Waals surface area contributed by atoms with Crippen LogP contribution in [-0.2, 0) is 5.75 Å². The van der Waals surface area contributed by atoms with Gasteiger partial charge >= 0.3 is 5.69 Å². The van der Waals surface area contributed by atoms with E-state index in [1.54, 1.807) is 11.8 Å². The lowest BCUT2D eigenvalue weighted by Crippen LogP contribution is -2.25. The molecule has 5 nitrogen and oxygen atoms in total. The second-order valence-corrected chi connectivity index (χ2v) is 5.99. The monoisotopic (exact) mass is 325 g/mol. The molecule has 0 aliphatic carbocycles. The molecule has 2 aromatic rings. The second kappa shape index (κ2) is 7.95. The highest BCUT2D eigenvalue weighted by atomic mass is 35.5. The van der Waals surface area contributed by atoms with Crippen LogP contribution in [0.5, 0.6) is 0 Å². The molecule has 0 saturated heterocycles. The topological polar surface area (TPSA) is 77.8 Å². The maximum Gasteiger partial charge on any atom is 0.323 e. The van der Waals surface area contributed by atoms with Gasteiger partial charge in [0.25, 0.3) is 5.91 Å². The molecule has 112 valence electrons. The smallest absolute Gasteiger partial charge is 0.323 e. The number of carbonyl (C=O) groups excluding carboxylic acids is 1. The van der Waals surface area contributed by atoms with Crippen LogP contribution in [0.1, 0.15) is 22.5 Å². The van der Waals surface area contributed by atoms with Gasteiger partial charge in [-0.2, -0.15) is 11.8 Å². The number of aromatic amines is 2. The van der Waals surface area contributed by atoms with Gasteiger partial charge in [0.1, 0.15) is 5.69 Å². The van der Waals surface area contributed by atoms with Gasteiger partial charge in [0.2, 0.25) is 0 Å². The summed E-state index contributed by atoms with van der Waals surface area (Å²) in [6.45, 7) is 0.583. The number of hydrogen-bond donors (Lipinski definition) is 3. The van der Waals surface area contributed by atoms with Gasteiger partial charge in [-0.25, -0.2) is 4.79 Å². The number of hydrogen-bond acceptors (Lipinski definition) is 3. The fourth-order valence-corrected chi connectivity index (χ4v) is 2.74. The van der Waals surface area contributed by atoms with E-state index in [1.165, 1.54) is 11.8 Å². The molecule has 21 heavy (non-hydrogen) atoms. The van der Waals surface area contributed by atoms with Crippen LogP contribution in [0.3, 0.4) is 0 Å². The molecule has 1 heterocycles. The standard InChI is InChI=1S/C14H16ClN3O2S/c15-11-4-2-10(3-5-11)9-21-7-1-6-16-13(19)12-8-17-14(20)18-12/h2-5,8H,1,6-7,9H2,(H,16,19)(H2,17,18,20). The first kappa shape index (κ1) is 15.7. The molecule has 2 rings (SSSR count). The zero-order chi connectivity index (χ0) is 15.1. The molecule has 0 bridgehead atoms. The average Bonchev–Trinajstić information content (AvgIpc) is 2.91. The molecular formula is C14H16ClN3O2S. The first-order chi connectivity index (χ1) is 10.1. The highest BCUT2D eigenvalue weighted by molar-refractivity contribution is 7.98. The Labute approximate surface area is 131 Å². The van der Waals surface area contributed by atoms with Crippen LogP contribution < -0.4 is 11.0 Å². The summed E-state index contributed by atoms with van der Waals surface area (Å²) in [5, 5.41) is 3.50. The number of H-pyrrole nitrogens is 2. The Hall–Kier alpha value is -1.66. The number of carbonyl (C=O) groups is 1. The molecule has 0 atom stereocenters. The van der Waals surface area contributed by atoms with E-state index in [0.29, 0.717) is 6.54 Å². The van der Waals surface area contributed by atoms with Gasteiger partial charge in [0.05, 0.1) is 0 Å². The maximum atomic E-state index is 11.6. The van der Waals surface area contributed by atoms with Crippen LogP contribution >= 0.6 is 23.4 Å². The zero-order valence-electron chi connectivity index (χ0n) is 11.3. The Morgan fingerprint density at radius 3 is 2.71 bits per heavy atom. The first-order valence-electron chi connectivity index (χ1n) is 6.53. The molecular weight excluding hydrogens is 310 g/mol. The lowest BCUT2D eigenvalue weighted by molar-refractivity contribution is 0.0949. The van der Waals surface area contributed by atoms with Gasteiger partial charge in [-0.3, -0.25) is 4.79 Å². The molecule has 0 aliphatic heterocycles. The normalized spacial score (nSPS) is 10.5. The second-order valence-electron chi connectivity index (χ2n) is 4.44. The Balaban J connectivity index is 1.59. The van der Waals surface area contributed by atoms with E-state index in [-0.39, 0.29) is 17.3 Å². The van der Waals surface area contributed by atoms with E-state index in [0.717, 1.165) is 22.9 Å². The number of nitrogens with one attached hydrogen (secondary N) is 3. The highest BCUT2D eigenvalue weighted by Gasteiger charge is 2.06. The van der Waals surface area contributed by atoms with E-state index < -0.39 is 0 Å². The van der Waals surface area contributed by atoms with Crippen molar-refractivity contribution in [3.63, 3.8) is 0 Å². The molecule has 0 spiro atoms. The number of imidazole rings is 1. The van der Waals surface area contributed by atoms with Crippen LogP contribution in [0.15, 0.2) is 35.3 Å². The predicted octanol–water partition coefficient (Wildman–Crippen LogP) is 2.41. The molecule has 0 unspecified atom stereocenters. The Kier molecular flexibility index (Phi) is 5.95. The number of amides is 1. The van der Waals surface area contributed by atoms with Crippen LogP contribution in [0.25, 0.3) is 0 Å². The minimum absolute atomic E-state index is 0.258. The van der Waals surface area contributed by atoms with Crippen molar-refractivity contribution in [2.45, 2.75) is 12.2 Å². The largest absolute Gasteiger partial charge is 0.351 e. The van der Waals surface area contributed by atoms with Gasteiger partial charge < -0.3 is 15.3 Å². The van der Waals surface area contributed by atoms with Gasteiger partial charge in [-0.1, -0.05) is 23.7 Å². The maximum absolute atomic E-state index is 11.6. The molecule has 1 aromatic heterocycles. The molecule has 7 heteroatoms. The van der Waals surface area contributed by atoms with Crippen molar-refractivity contribution in [1.29, 1.82) is 0 Å². The fraction of sp³-hybridized carbons (Fsp3) is 0.286. The van der Waals surface area contributed by atoms with Crippen molar-refractivity contribution in [3.05, 3.63) is 57.2 Å². The van der Waals surface area contributed by atoms with E-state index >= 15 is 0 Å². The number of aromatic nitrogens is 2. The number of thioether (sulfide) groups is 1. The average molecular weight is 326 g/mol. The summed E-state index contributed by atoms with van der Waals surface area (Å²) < 4.78 is 0. The molecule has 0 radical (unpaired) electrons. The lowest BCUT2D eigenvalue weighted by Gasteiger charge is -2.04. The van der Waals surface area contributed by atoms with Gasteiger partial charge in [0, 0.05) is 23.5 Å². The van der Waals surface area contributed by atoms with Crippen LogP contribution in [0, 0.1) is 0 Å². The van der Waals surface area contributed by atoms with Crippen molar-refractivity contribution in [2.75, 3.05) is 12.3 Å². The van der Waals surface area contributed by atoms with Gasteiger partial charge in [-0.15, -0.1) is 0 Å². The van der Waals surface area contributed by atoms with Crippen molar-refractivity contribution < 1.29 is 4.79 Å². The summed E-state index contributed by atoms with van der Waals surface area (Å²) in [5.41, 5.74) is 1.12. The molecule has 0 fully saturated rings. The van der Waals surface area contributed by atoms with E-state index in [9.17, 15) is 9.59 Å². The van der Waals surface area contributed by atoms with Crippen molar-refractivity contribution >= 4 is 29.3 Å². The SMILES string of the molecule is O=C(NCCCSCc1ccc(Cl)cc1)c1c[nH]c(=O)[nH]1. The third-order valence-electron chi connectivity index (χ3n) is 2.77. The Morgan fingerprint density at radius 1 is 1.29 bits per heavy atom. The lowest BCUT2D eigenvalue weighted by atomic mass is 10.2. The number of benzene rings is 1. The Morgan fingerprint density at radius 2 is 2.05 bits per heavy atom. The predicted molar refractivity (Wildman–Crippen MR) is 86.0 cm³/mol. The summed E-state index contributed by atoms with van der Waals surface area (Å²) in [7, 11) is 0. The number of halogens is 1. The molecule has 0 saturated carbocycles. The summed E-state index contributed by atoms with van der Waals surface area (Å²) in [5.74, 6) is 1.61. The van der Waals surface area contributed by atoms with E-state index in [1.807, 2.05) is 24.3 Å². The fourth-order valence-electron chi connectivity index (χ4n) is 1.70. The number of rotatable bonds is 7. The molecule has 1 amide bonds. The van der Waals surface area contributed by atoms with Crippen LogP contribution in [-0.4, -0.2) is 28.2 Å². The van der Waals surface area contributed by atoms with Gasteiger partial charge in [-0.05, 0) is 29.9 Å². The highest BCUT2D eigenvalue weighted by Crippen LogP contribution is 2.15. The minimum atomic E-state index is -0.376. The van der Waals surface area contributed by atoms with Crippen LogP contribution in [0.2, 0.25) is 5.02 Å². The van der Waals surface area contributed by atoms with Gasteiger partial charge in [0.15, 0.2) is 0 Å². The quantitative estimate of drug-likeness (QED) is 0.684. The first-order valence-corrected chi connectivity index (χ1v) is 8.06. The van der Waals surface area contributed by atoms with Crippen LogP contribution in [0.4, 0.5) is 0 Å². The molecule has 1 aromatic carbocycles. The van der Waals surface area contributed by atoms with Crippen molar-refractivity contribution in [3.8, 4) is 0 Å². The van der Waals surface area contributed by atoms with E-state index in [2.05, 4.69) is 15.3 Å². The summed E-state index contributed by atoms with van der Waals surface area (Å²) in [6.07, 6.45) is 2.24. The summed E-state index contributed by atoms with van der Waals surface area (Å²) >= 11 is 7.63. The minimum Gasteiger partial charge on any atom is -0.351 e. The zero-order valence-corrected chi connectivity index (χ0v) is 12.9. The van der Waals surface area contributed by atoms with Crippen molar-refractivity contribution in [2.24, 2.45) is 0 Å². The third-order valence-corrected chi connectivity index (χ3v) is 4.14. The third kappa shape index (κ3) is 5.32.